The van der Waals surface area contributed by atoms with Crippen LogP contribution in [0.1, 0.15) is 22.8 Å². The summed E-state index contributed by atoms with van der Waals surface area (Å²) < 4.78 is 0. The van der Waals surface area contributed by atoms with Gasteiger partial charge in [0.05, 0.1) is 0 Å². The van der Waals surface area contributed by atoms with Gasteiger partial charge in [-0.15, -0.1) is 0 Å². The van der Waals surface area contributed by atoms with Crippen LogP contribution in [0.5, 0.6) is 0 Å². The van der Waals surface area contributed by atoms with Gasteiger partial charge in [0, 0.05) is 42.3 Å². The summed E-state index contributed by atoms with van der Waals surface area (Å²) in [5, 5.41) is 10.9. The fourth-order valence-electron chi connectivity index (χ4n) is 3.01. The van der Waals surface area contributed by atoms with Crippen molar-refractivity contribution < 1.29 is 14.4 Å². The standard InChI is InChI=1S/C20H23N5O3/c1-3-21-19(27)24-16-6-4-5-15(12-16)23-18(26)14-7-8-17(13(2)11-14)25-10-9-22-20(25)28/h4-8,11-12H,3,9-10H2,1-2H3,(H,22,28)(H,23,26)(H2,21,24,27). The quantitative estimate of drug-likeness (QED) is 0.640. The van der Waals surface area contributed by atoms with Crippen molar-refractivity contribution in [3.8, 4) is 0 Å². The Bertz CT molecular complexity index is 912. The van der Waals surface area contributed by atoms with Crippen molar-refractivity contribution in [2.45, 2.75) is 13.8 Å². The Hall–Kier alpha value is -3.55. The number of rotatable bonds is 5. The van der Waals surface area contributed by atoms with Crippen LogP contribution in [0.15, 0.2) is 42.5 Å². The number of hydrogen-bond donors (Lipinski definition) is 4. The van der Waals surface area contributed by atoms with Crippen LogP contribution in [0.2, 0.25) is 0 Å². The molecule has 0 aromatic heterocycles. The van der Waals surface area contributed by atoms with Crippen LogP contribution in [0.3, 0.4) is 0 Å². The lowest BCUT2D eigenvalue weighted by atomic mass is 10.1. The molecule has 2 aromatic rings. The first-order valence-electron chi connectivity index (χ1n) is 9.10. The lowest BCUT2D eigenvalue weighted by Crippen LogP contribution is -2.28. The zero-order chi connectivity index (χ0) is 20.1. The number of hydrogen-bond acceptors (Lipinski definition) is 3. The molecule has 0 saturated carbocycles. The average Bonchev–Trinajstić information content (AvgIpc) is 3.07. The van der Waals surface area contributed by atoms with Gasteiger partial charge < -0.3 is 21.3 Å². The third kappa shape index (κ3) is 4.40. The first-order chi connectivity index (χ1) is 13.5. The molecule has 0 unspecified atom stereocenters. The number of benzene rings is 2. The molecule has 0 spiro atoms. The maximum atomic E-state index is 12.6. The summed E-state index contributed by atoms with van der Waals surface area (Å²) in [6, 6.07) is 11.7. The molecule has 8 nitrogen and oxygen atoms in total. The molecule has 8 heteroatoms. The Morgan fingerprint density at radius 3 is 2.50 bits per heavy atom. The van der Waals surface area contributed by atoms with Crippen LogP contribution in [0, 0.1) is 6.92 Å². The second-order valence-electron chi connectivity index (χ2n) is 6.40. The Morgan fingerprint density at radius 2 is 1.86 bits per heavy atom. The second kappa shape index (κ2) is 8.43. The highest BCUT2D eigenvalue weighted by atomic mass is 16.2. The molecule has 3 rings (SSSR count). The van der Waals surface area contributed by atoms with Gasteiger partial charge in [0.2, 0.25) is 0 Å². The van der Waals surface area contributed by atoms with E-state index >= 15 is 0 Å². The summed E-state index contributed by atoms with van der Waals surface area (Å²) in [5.41, 5.74) is 3.27. The van der Waals surface area contributed by atoms with E-state index in [0.717, 1.165) is 11.3 Å². The summed E-state index contributed by atoms with van der Waals surface area (Å²) in [4.78, 5) is 37.7. The molecule has 28 heavy (non-hydrogen) atoms. The number of carbonyl (C=O) groups excluding carboxylic acids is 3. The predicted octanol–water partition coefficient (Wildman–Crippen LogP) is 2.92. The van der Waals surface area contributed by atoms with Crippen molar-refractivity contribution in [1.29, 1.82) is 0 Å². The number of carbonyl (C=O) groups is 3. The normalized spacial score (nSPS) is 13.1. The maximum absolute atomic E-state index is 12.6. The van der Waals surface area contributed by atoms with Gasteiger partial charge in [-0.3, -0.25) is 9.69 Å². The highest BCUT2D eigenvalue weighted by Crippen LogP contribution is 2.23. The lowest BCUT2D eigenvalue weighted by molar-refractivity contribution is 0.102. The van der Waals surface area contributed by atoms with Gasteiger partial charge in [-0.05, 0) is 55.8 Å². The molecule has 4 N–H and O–H groups in total. The Balaban J connectivity index is 1.70. The van der Waals surface area contributed by atoms with Gasteiger partial charge in [-0.25, -0.2) is 9.59 Å². The molecule has 5 amide bonds. The third-order valence-electron chi connectivity index (χ3n) is 4.32. The highest BCUT2D eigenvalue weighted by molar-refractivity contribution is 6.05. The number of aryl methyl sites for hydroxylation is 1. The van der Waals surface area contributed by atoms with Gasteiger partial charge in [0.1, 0.15) is 0 Å². The van der Waals surface area contributed by atoms with E-state index in [1.165, 1.54) is 0 Å². The summed E-state index contributed by atoms with van der Waals surface area (Å²) in [6.45, 7) is 5.45. The van der Waals surface area contributed by atoms with E-state index in [1.807, 2.05) is 13.8 Å². The highest BCUT2D eigenvalue weighted by Gasteiger charge is 2.23. The van der Waals surface area contributed by atoms with E-state index in [1.54, 1.807) is 47.4 Å². The Labute approximate surface area is 163 Å². The first-order valence-corrected chi connectivity index (χ1v) is 9.10. The molecule has 1 saturated heterocycles. The van der Waals surface area contributed by atoms with E-state index in [4.69, 9.17) is 0 Å². The Morgan fingerprint density at radius 1 is 1.11 bits per heavy atom. The topological polar surface area (TPSA) is 103 Å². The van der Waals surface area contributed by atoms with Gasteiger partial charge >= 0.3 is 12.1 Å². The molecular formula is C20H23N5O3. The van der Waals surface area contributed by atoms with Crippen LogP contribution in [-0.4, -0.2) is 37.6 Å². The van der Waals surface area contributed by atoms with Crippen molar-refractivity contribution in [3.05, 3.63) is 53.6 Å². The zero-order valence-corrected chi connectivity index (χ0v) is 15.8. The molecule has 1 fully saturated rings. The molecule has 0 bridgehead atoms. The largest absolute Gasteiger partial charge is 0.338 e. The number of urea groups is 2. The van der Waals surface area contributed by atoms with Gasteiger partial charge in [-0.2, -0.15) is 0 Å². The van der Waals surface area contributed by atoms with E-state index in [0.29, 0.717) is 36.6 Å². The van der Waals surface area contributed by atoms with E-state index in [-0.39, 0.29) is 18.0 Å². The van der Waals surface area contributed by atoms with Crippen molar-refractivity contribution in [1.82, 2.24) is 10.6 Å². The number of amides is 5. The van der Waals surface area contributed by atoms with Crippen molar-refractivity contribution in [3.63, 3.8) is 0 Å². The maximum Gasteiger partial charge on any atom is 0.322 e. The monoisotopic (exact) mass is 381 g/mol. The van der Waals surface area contributed by atoms with E-state index in [9.17, 15) is 14.4 Å². The number of nitrogens with zero attached hydrogens (tertiary/aromatic N) is 1. The molecule has 1 heterocycles. The summed E-state index contributed by atoms with van der Waals surface area (Å²) in [6.07, 6.45) is 0. The molecule has 2 aromatic carbocycles. The second-order valence-corrected chi connectivity index (χ2v) is 6.40. The van der Waals surface area contributed by atoms with Gasteiger partial charge in [0.15, 0.2) is 0 Å². The molecule has 0 radical (unpaired) electrons. The van der Waals surface area contributed by atoms with Crippen LogP contribution in [0.25, 0.3) is 0 Å². The van der Waals surface area contributed by atoms with Crippen LogP contribution < -0.4 is 26.2 Å². The van der Waals surface area contributed by atoms with Crippen LogP contribution >= 0.6 is 0 Å². The fraction of sp³-hybridized carbons (Fsp3) is 0.250. The van der Waals surface area contributed by atoms with Crippen molar-refractivity contribution in [2.75, 3.05) is 35.2 Å². The molecule has 0 atom stereocenters. The van der Waals surface area contributed by atoms with Gasteiger partial charge in [-0.1, -0.05) is 6.07 Å². The summed E-state index contributed by atoms with van der Waals surface area (Å²) in [7, 11) is 0. The van der Waals surface area contributed by atoms with Crippen LogP contribution in [-0.2, 0) is 0 Å². The Kier molecular flexibility index (Phi) is 5.78. The van der Waals surface area contributed by atoms with Crippen LogP contribution in [0.4, 0.5) is 26.7 Å². The minimum atomic E-state index is -0.303. The van der Waals surface area contributed by atoms with Crippen molar-refractivity contribution >= 4 is 35.0 Å². The number of anilines is 3. The summed E-state index contributed by atoms with van der Waals surface area (Å²) >= 11 is 0. The molecule has 1 aliphatic heterocycles. The average molecular weight is 381 g/mol. The third-order valence-corrected chi connectivity index (χ3v) is 4.32. The van der Waals surface area contributed by atoms with Gasteiger partial charge in [0.25, 0.3) is 5.91 Å². The molecular weight excluding hydrogens is 358 g/mol. The first kappa shape index (κ1) is 19.2. The van der Waals surface area contributed by atoms with E-state index < -0.39 is 0 Å². The lowest BCUT2D eigenvalue weighted by Gasteiger charge is -2.17. The SMILES string of the molecule is CCNC(=O)Nc1cccc(NC(=O)c2ccc(N3CCNC3=O)c(C)c2)c1. The van der Waals surface area contributed by atoms with E-state index in [2.05, 4.69) is 21.3 Å². The minimum Gasteiger partial charge on any atom is -0.338 e. The van der Waals surface area contributed by atoms with Crippen molar-refractivity contribution in [2.24, 2.45) is 0 Å². The smallest absolute Gasteiger partial charge is 0.322 e. The molecule has 146 valence electrons. The number of nitrogens with one attached hydrogen (secondary N) is 4. The summed E-state index contributed by atoms with van der Waals surface area (Å²) in [5.74, 6) is -0.268. The zero-order valence-electron chi connectivity index (χ0n) is 15.8. The predicted molar refractivity (Wildman–Crippen MR) is 109 cm³/mol. The molecule has 1 aliphatic rings. The molecule has 0 aliphatic carbocycles. The minimum absolute atomic E-state index is 0.128. The fourth-order valence-corrected chi connectivity index (χ4v) is 3.01.